The Hall–Kier alpha value is -2.28. The van der Waals surface area contributed by atoms with Gasteiger partial charge in [-0.3, -0.25) is 4.79 Å². The van der Waals surface area contributed by atoms with Crippen LogP contribution < -0.4 is 11.1 Å². The Balaban J connectivity index is 2.14. The summed E-state index contributed by atoms with van der Waals surface area (Å²) in [7, 11) is 0. The molecule has 116 valence electrons. The number of carbonyl (C=O) groups is 1. The number of hydrogen-bond donors (Lipinski definition) is 2. The van der Waals surface area contributed by atoms with Gasteiger partial charge < -0.3 is 11.1 Å². The summed E-state index contributed by atoms with van der Waals surface area (Å²) in [5.74, 6) is -2.11. The van der Waals surface area contributed by atoms with Crippen LogP contribution in [0.1, 0.15) is 28.8 Å². The molecule has 0 aliphatic carbocycles. The summed E-state index contributed by atoms with van der Waals surface area (Å²) in [5.41, 5.74) is 5.67. The summed E-state index contributed by atoms with van der Waals surface area (Å²) in [6.45, 7) is 2.00. The largest absolute Gasteiger partial charge is 0.367 e. The molecule has 0 aliphatic heterocycles. The minimum Gasteiger partial charge on any atom is -0.367 e. The van der Waals surface area contributed by atoms with Gasteiger partial charge in [0.1, 0.15) is 11.6 Å². The maximum Gasteiger partial charge on any atom is 0.252 e. The molecular weight excluding hydrogens is 314 g/mol. The second kappa shape index (κ2) is 6.65. The molecule has 0 bridgehead atoms. The van der Waals surface area contributed by atoms with E-state index < -0.39 is 17.5 Å². The van der Waals surface area contributed by atoms with E-state index in [1.165, 1.54) is 18.2 Å². The van der Waals surface area contributed by atoms with Gasteiger partial charge in [-0.05, 0) is 17.7 Å². The van der Waals surface area contributed by atoms with E-state index >= 15 is 0 Å². The summed E-state index contributed by atoms with van der Waals surface area (Å²) in [4.78, 5) is 11.3. The Kier molecular flexibility index (Phi) is 4.87. The fourth-order valence-corrected chi connectivity index (χ4v) is 2.09. The molecule has 2 rings (SSSR count). The molecule has 5 nitrogen and oxygen atoms in total. The van der Waals surface area contributed by atoms with Gasteiger partial charge >= 0.3 is 0 Å². The number of nitrogens with zero attached hydrogens (tertiary/aromatic N) is 2. The van der Waals surface area contributed by atoms with Crippen molar-refractivity contribution in [2.75, 3.05) is 11.9 Å². The van der Waals surface area contributed by atoms with Crippen molar-refractivity contribution >= 4 is 23.3 Å². The van der Waals surface area contributed by atoms with Gasteiger partial charge in [-0.15, -0.1) is 10.2 Å². The number of nitrogens with two attached hydrogens (primary N) is 1. The van der Waals surface area contributed by atoms with Crippen molar-refractivity contribution in [1.82, 2.24) is 10.2 Å². The predicted octanol–water partition coefficient (Wildman–Crippen LogP) is 2.72. The first-order valence-corrected chi connectivity index (χ1v) is 6.78. The summed E-state index contributed by atoms with van der Waals surface area (Å²) in [5, 5.41) is 10.3. The van der Waals surface area contributed by atoms with Crippen LogP contribution in [0, 0.1) is 11.6 Å². The van der Waals surface area contributed by atoms with E-state index in [9.17, 15) is 13.6 Å². The second-order valence-electron chi connectivity index (χ2n) is 4.74. The summed E-state index contributed by atoms with van der Waals surface area (Å²) < 4.78 is 26.6. The lowest BCUT2D eigenvalue weighted by Gasteiger charge is -2.15. The number of nitrogens with one attached hydrogen (secondary N) is 1. The number of primary amides is 1. The molecule has 2 aromatic rings. The van der Waals surface area contributed by atoms with Crippen LogP contribution in [0.3, 0.4) is 0 Å². The van der Waals surface area contributed by atoms with Gasteiger partial charge in [-0.1, -0.05) is 24.6 Å². The van der Waals surface area contributed by atoms with E-state index in [4.69, 9.17) is 17.3 Å². The molecule has 1 heterocycles. The molecule has 1 amide bonds. The van der Waals surface area contributed by atoms with Crippen molar-refractivity contribution < 1.29 is 13.6 Å². The molecular formula is C14H13ClF2N4O. The van der Waals surface area contributed by atoms with Crippen molar-refractivity contribution in [2.45, 2.75) is 12.8 Å². The standard InChI is InChI=1S/C14H13ClF2N4O/c1-7(9-3-2-8(16)4-11(9)17)6-19-14-10(13(18)22)5-12(15)20-21-14/h2-5,7H,6H2,1H3,(H2,18,22)(H,19,21). The summed E-state index contributed by atoms with van der Waals surface area (Å²) in [6, 6.07) is 4.68. The van der Waals surface area contributed by atoms with Crippen LogP contribution in [0.25, 0.3) is 0 Å². The van der Waals surface area contributed by atoms with Crippen LogP contribution in [-0.2, 0) is 0 Å². The van der Waals surface area contributed by atoms with E-state index in [2.05, 4.69) is 15.5 Å². The Bertz CT molecular complexity index is 711. The molecule has 0 spiro atoms. The van der Waals surface area contributed by atoms with E-state index in [1.54, 1.807) is 6.92 Å². The van der Waals surface area contributed by atoms with Crippen molar-refractivity contribution in [3.05, 3.63) is 52.2 Å². The lowest BCUT2D eigenvalue weighted by atomic mass is 10.0. The van der Waals surface area contributed by atoms with Crippen molar-refractivity contribution in [1.29, 1.82) is 0 Å². The second-order valence-corrected chi connectivity index (χ2v) is 5.13. The monoisotopic (exact) mass is 326 g/mol. The summed E-state index contributed by atoms with van der Waals surface area (Å²) >= 11 is 5.66. The maximum absolute atomic E-state index is 13.7. The number of aromatic nitrogens is 2. The third-order valence-electron chi connectivity index (χ3n) is 3.10. The van der Waals surface area contributed by atoms with E-state index in [0.717, 1.165) is 6.07 Å². The number of halogens is 3. The van der Waals surface area contributed by atoms with Crippen LogP contribution in [0.15, 0.2) is 24.3 Å². The fraction of sp³-hybridized carbons (Fsp3) is 0.214. The normalized spacial score (nSPS) is 12.0. The Labute approximate surface area is 130 Å². The van der Waals surface area contributed by atoms with Crippen LogP contribution in [-0.4, -0.2) is 22.6 Å². The molecule has 0 fully saturated rings. The molecule has 0 aliphatic rings. The van der Waals surface area contributed by atoms with Crippen molar-refractivity contribution in [2.24, 2.45) is 5.73 Å². The Morgan fingerprint density at radius 1 is 1.36 bits per heavy atom. The molecule has 0 radical (unpaired) electrons. The third-order valence-corrected chi connectivity index (χ3v) is 3.28. The van der Waals surface area contributed by atoms with Gasteiger partial charge in [0, 0.05) is 18.5 Å². The molecule has 22 heavy (non-hydrogen) atoms. The van der Waals surface area contributed by atoms with E-state index in [1.807, 2.05) is 0 Å². The SMILES string of the molecule is CC(CNc1nnc(Cl)cc1C(N)=O)c1ccc(F)cc1F. The zero-order valence-electron chi connectivity index (χ0n) is 11.6. The third kappa shape index (κ3) is 3.67. The highest BCUT2D eigenvalue weighted by atomic mass is 35.5. The average Bonchev–Trinajstić information content (AvgIpc) is 2.45. The van der Waals surface area contributed by atoms with Crippen LogP contribution in [0.4, 0.5) is 14.6 Å². The quantitative estimate of drug-likeness (QED) is 0.885. The maximum atomic E-state index is 13.7. The highest BCUT2D eigenvalue weighted by Gasteiger charge is 2.15. The lowest BCUT2D eigenvalue weighted by Crippen LogP contribution is -2.19. The van der Waals surface area contributed by atoms with Crippen LogP contribution in [0.5, 0.6) is 0 Å². The first-order chi connectivity index (χ1) is 10.4. The first-order valence-electron chi connectivity index (χ1n) is 6.40. The molecule has 8 heteroatoms. The van der Waals surface area contributed by atoms with E-state index in [0.29, 0.717) is 5.56 Å². The highest BCUT2D eigenvalue weighted by Crippen LogP contribution is 2.21. The first kappa shape index (κ1) is 16.1. The average molecular weight is 327 g/mol. The Morgan fingerprint density at radius 2 is 2.09 bits per heavy atom. The van der Waals surface area contributed by atoms with Gasteiger partial charge in [0.05, 0.1) is 5.56 Å². The van der Waals surface area contributed by atoms with Crippen molar-refractivity contribution in [3.63, 3.8) is 0 Å². The van der Waals surface area contributed by atoms with Gasteiger partial charge in [0.25, 0.3) is 5.91 Å². The number of benzene rings is 1. The minimum atomic E-state index is -0.708. The topological polar surface area (TPSA) is 80.9 Å². The Morgan fingerprint density at radius 3 is 2.73 bits per heavy atom. The van der Waals surface area contributed by atoms with Gasteiger partial charge in [0.15, 0.2) is 11.0 Å². The zero-order chi connectivity index (χ0) is 16.3. The molecule has 1 unspecified atom stereocenters. The smallest absolute Gasteiger partial charge is 0.252 e. The van der Waals surface area contributed by atoms with Gasteiger partial charge in [-0.2, -0.15) is 0 Å². The lowest BCUT2D eigenvalue weighted by molar-refractivity contribution is 0.100. The molecule has 3 N–H and O–H groups in total. The van der Waals surface area contributed by atoms with E-state index in [-0.39, 0.29) is 29.0 Å². The number of anilines is 1. The molecule has 1 atom stereocenters. The number of rotatable bonds is 5. The van der Waals surface area contributed by atoms with Crippen molar-refractivity contribution in [3.8, 4) is 0 Å². The van der Waals surface area contributed by atoms with Gasteiger partial charge in [-0.25, -0.2) is 8.78 Å². The number of amides is 1. The zero-order valence-corrected chi connectivity index (χ0v) is 12.4. The van der Waals surface area contributed by atoms with Gasteiger partial charge in [0.2, 0.25) is 0 Å². The molecule has 1 aromatic carbocycles. The summed E-state index contributed by atoms with van der Waals surface area (Å²) in [6.07, 6.45) is 0. The van der Waals surface area contributed by atoms with Crippen LogP contribution >= 0.6 is 11.6 Å². The number of hydrogen-bond acceptors (Lipinski definition) is 4. The molecule has 1 aromatic heterocycles. The number of carbonyl (C=O) groups excluding carboxylic acids is 1. The van der Waals surface area contributed by atoms with Crippen LogP contribution in [0.2, 0.25) is 5.15 Å². The fourth-order valence-electron chi connectivity index (χ4n) is 1.95. The minimum absolute atomic E-state index is 0.0389. The molecule has 0 saturated carbocycles. The predicted molar refractivity (Wildman–Crippen MR) is 78.8 cm³/mol. The highest BCUT2D eigenvalue weighted by molar-refractivity contribution is 6.29. The molecule has 0 saturated heterocycles.